The highest BCUT2D eigenvalue weighted by Gasteiger charge is 2.25. The number of anilines is 1. The van der Waals surface area contributed by atoms with E-state index in [1.807, 2.05) is 42.7 Å². The highest BCUT2D eigenvalue weighted by molar-refractivity contribution is 8.03. The fourth-order valence-electron chi connectivity index (χ4n) is 2.82. The number of nitrogens with one attached hydrogen (secondary N) is 1. The first-order valence-corrected chi connectivity index (χ1v) is 10.4. The van der Waals surface area contributed by atoms with Crippen molar-refractivity contribution in [3.63, 3.8) is 0 Å². The van der Waals surface area contributed by atoms with Crippen LogP contribution in [-0.4, -0.2) is 41.6 Å². The number of benzene rings is 2. The Bertz CT molecular complexity index is 927. The first-order chi connectivity index (χ1) is 14.1. The number of ether oxygens (including phenoxy) is 1. The minimum atomic E-state index is -0.430. The molecule has 29 heavy (non-hydrogen) atoms. The van der Waals surface area contributed by atoms with Crippen LogP contribution in [0.5, 0.6) is 0 Å². The van der Waals surface area contributed by atoms with Gasteiger partial charge >= 0.3 is 5.97 Å². The van der Waals surface area contributed by atoms with E-state index in [-0.39, 0.29) is 18.4 Å². The van der Waals surface area contributed by atoms with Crippen LogP contribution in [0.3, 0.4) is 0 Å². The lowest BCUT2D eigenvalue weighted by Gasteiger charge is -2.28. The van der Waals surface area contributed by atoms with E-state index in [2.05, 4.69) is 5.32 Å². The van der Waals surface area contributed by atoms with E-state index in [1.54, 1.807) is 24.3 Å². The zero-order valence-corrected chi connectivity index (χ0v) is 16.9. The summed E-state index contributed by atoms with van der Waals surface area (Å²) in [6, 6.07) is 16.1. The van der Waals surface area contributed by atoms with Crippen molar-refractivity contribution < 1.29 is 19.1 Å². The average molecular weight is 410 g/mol. The van der Waals surface area contributed by atoms with Crippen LogP contribution in [0.25, 0.3) is 5.70 Å². The average Bonchev–Trinajstić information content (AvgIpc) is 2.74. The number of carbonyl (C=O) groups excluding carboxylic acids is 3. The lowest BCUT2D eigenvalue weighted by atomic mass is 10.1. The molecule has 6 nitrogen and oxygen atoms in total. The molecule has 1 aliphatic rings. The van der Waals surface area contributed by atoms with Crippen molar-refractivity contribution in [1.29, 1.82) is 0 Å². The monoisotopic (exact) mass is 410 g/mol. The Labute approximate surface area is 173 Å². The molecule has 3 rings (SSSR count). The van der Waals surface area contributed by atoms with Crippen molar-refractivity contribution >= 4 is 40.9 Å². The second-order valence-corrected chi connectivity index (χ2v) is 7.28. The molecule has 150 valence electrons. The molecule has 1 N–H and O–H groups in total. The van der Waals surface area contributed by atoms with Gasteiger partial charge in [-0.05, 0) is 35.6 Å². The Morgan fingerprint density at radius 3 is 2.69 bits per heavy atom. The van der Waals surface area contributed by atoms with Gasteiger partial charge in [0.2, 0.25) is 11.8 Å². The molecular formula is C22H22N2O4S. The summed E-state index contributed by atoms with van der Waals surface area (Å²) in [6.07, 6.45) is 0.738. The van der Waals surface area contributed by atoms with Crippen LogP contribution in [-0.2, 0) is 14.3 Å². The van der Waals surface area contributed by atoms with Crippen LogP contribution in [0.15, 0.2) is 60.0 Å². The first-order valence-electron chi connectivity index (χ1n) is 9.33. The summed E-state index contributed by atoms with van der Waals surface area (Å²) in [4.78, 5) is 38.5. The van der Waals surface area contributed by atoms with Crippen molar-refractivity contribution in [2.75, 3.05) is 24.2 Å². The highest BCUT2D eigenvalue weighted by Crippen LogP contribution is 2.28. The summed E-state index contributed by atoms with van der Waals surface area (Å²) in [5.74, 6) is -0.599. The van der Waals surface area contributed by atoms with Crippen molar-refractivity contribution in [3.05, 3.63) is 71.1 Å². The number of nitrogens with zero attached hydrogens (tertiary/aromatic N) is 1. The molecule has 1 aliphatic heterocycles. The van der Waals surface area contributed by atoms with Gasteiger partial charge in [0.15, 0.2) is 0 Å². The highest BCUT2D eigenvalue weighted by atomic mass is 32.2. The van der Waals surface area contributed by atoms with Gasteiger partial charge in [0, 0.05) is 5.69 Å². The topological polar surface area (TPSA) is 75.7 Å². The number of carbonyl (C=O) groups is 3. The third kappa shape index (κ3) is 5.48. The molecule has 0 aromatic heterocycles. The van der Waals surface area contributed by atoms with E-state index in [4.69, 9.17) is 4.74 Å². The SMILES string of the molecule is CCCOC(=O)c1cccc(NC(=O)CN2C(=O)CSC=C2c2ccccc2)c1. The summed E-state index contributed by atoms with van der Waals surface area (Å²) < 4.78 is 5.12. The normalized spacial score (nSPS) is 13.6. The molecule has 2 aromatic rings. The third-order valence-corrected chi connectivity index (χ3v) is 4.99. The maximum Gasteiger partial charge on any atom is 0.338 e. The Morgan fingerprint density at radius 1 is 1.14 bits per heavy atom. The molecule has 0 radical (unpaired) electrons. The van der Waals surface area contributed by atoms with Crippen LogP contribution in [0.4, 0.5) is 5.69 Å². The lowest BCUT2D eigenvalue weighted by Crippen LogP contribution is -2.39. The predicted molar refractivity (Wildman–Crippen MR) is 114 cm³/mol. The van der Waals surface area contributed by atoms with E-state index in [0.717, 1.165) is 12.0 Å². The van der Waals surface area contributed by atoms with Crippen LogP contribution in [0.1, 0.15) is 29.3 Å². The van der Waals surface area contributed by atoms with E-state index in [9.17, 15) is 14.4 Å². The largest absolute Gasteiger partial charge is 0.462 e. The van der Waals surface area contributed by atoms with Gasteiger partial charge in [-0.15, -0.1) is 11.8 Å². The van der Waals surface area contributed by atoms with E-state index in [0.29, 0.717) is 29.3 Å². The number of thioether (sulfide) groups is 1. The fourth-order valence-corrected chi connectivity index (χ4v) is 3.62. The molecule has 0 saturated carbocycles. The van der Waals surface area contributed by atoms with Crippen LogP contribution in [0, 0.1) is 0 Å². The van der Waals surface area contributed by atoms with Gasteiger partial charge in [0.25, 0.3) is 0 Å². The number of esters is 1. The number of hydrogen-bond acceptors (Lipinski definition) is 5. The molecule has 0 spiro atoms. The van der Waals surface area contributed by atoms with Gasteiger partial charge in [-0.2, -0.15) is 0 Å². The molecular weight excluding hydrogens is 388 g/mol. The standard InChI is InChI=1S/C22H22N2O4S/c1-2-11-28-22(27)17-9-6-10-18(12-17)23-20(25)13-24-19(14-29-15-21(24)26)16-7-4-3-5-8-16/h3-10,12,14H,2,11,13,15H2,1H3,(H,23,25). The Morgan fingerprint density at radius 2 is 1.93 bits per heavy atom. The number of rotatable bonds is 7. The predicted octanol–water partition coefficient (Wildman–Crippen LogP) is 3.77. The molecule has 2 aromatic carbocycles. The summed E-state index contributed by atoms with van der Waals surface area (Å²) in [7, 11) is 0. The second kappa shape index (κ2) is 9.93. The lowest BCUT2D eigenvalue weighted by molar-refractivity contribution is -0.129. The van der Waals surface area contributed by atoms with Gasteiger partial charge in [0.05, 0.1) is 23.6 Å². The van der Waals surface area contributed by atoms with Crippen molar-refractivity contribution in [1.82, 2.24) is 4.90 Å². The maximum absolute atomic E-state index is 12.6. The van der Waals surface area contributed by atoms with Gasteiger partial charge in [-0.25, -0.2) is 4.79 Å². The zero-order valence-electron chi connectivity index (χ0n) is 16.1. The summed E-state index contributed by atoms with van der Waals surface area (Å²) >= 11 is 1.42. The van der Waals surface area contributed by atoms with Crippen LogP contribution >= 0.6 is 11.8 Å². The van der Waals surface area contributed by atoms with E-state index < -0.39 is 5.97 Å². The molecule has 7 heteroatoms. The minimum absolute atomic E-state index is 0.107. The zero-order chi connectivity index (χ0) is 20.6. The third-order valence-electron chi connectivity index (χ3n) is 4.18. The Kier molecular flexibility index (Phi) is 7.08. The Balaban J connectivity index is 1.69. The quantitative estimate of drug-likeness (QED) is 0.704. The molecule has 1 heterocycles. The van der Waals surface area contributed by atoms with Crippen molar-refractivity contribution in [2.45, 2.75) is 13.3 Å². The van der Waals surface area contributed by atoms with E-state index in [1.165, 1.54) is 16.7 Å². The molecule has 0 unspecified atom stereocenters. The fraction of sp³-hybridized carbons (Fsp3) is 0.227. The van der Waals surface area contributed by atoms with Crippen molar-refractivity contribution in [3.8, 4) is 0 Å². The minimum Gasteiger partial charge on any atom is -0.462 e. The molecule has 0 aliphatic carbocycles. The summed E-state index contributed by atoms with van der Waals surface area (Å²) in [5.41, 5.74) is 2.43. The number of hydrogen-bond donors (Lipinski definition) is 1. The molecule has 0 saturated heterocycles. The summed E-state index contributed by atoms with van der Waals surface area (Å²) in [5, 5.41) is 4.66. The number of amides is 2. The Hall–Kier alpha value is -3.06. The van der Waals surface area contributed by atoms with Crippen LogP contribution < -0.4 is 5.32 Å². The first kappa shape index (κ1) is 20.7. The van der Waals surface area contributed by atoms with Crippen molar-refractivity contribution in [2.24, 2.45) is 0 Å². The van der Waals surface area contributed by atoms with Gasteiger partial charge in [0.1, 0.15) is 6.54 Å². The van der Waals surface area contributed by atoms with Gasteiger partial charge in [-0.1, -0.05) is 43.3 Å². The molecule has 0 atom stereocenters. The van der Waals surface area contributed by atoms with Gasteiger partial charge < -0.3 is 15.0 Å². The van der Waals surface area contributed by atoms with Crippen LogP contribution in [0.2, 0.25) is 0 Å². The maximum atomic E-state index is 12.6. The molecule has 2 amide bonds. The molecule has 0 bridgehead atoms. The smallest absolute Gasteiger partial charge is 0.338 e. The van der Waals surface area contributed by atoms with E-state index >= 15 is 0 Å². The molecule has 0 fully saturated rings. The summed E-state index contributed by atoms with van der Waals surface area (Å²) in [6.45, 7) is 2.16. The second-order valence-electron chi connectivity index (χ2n) is 6.42. The van der Waals surface area contributed by atoms with Gasteiger partial charge in [-0.3, -0.25) is 9.59 Å².